The van der Waals surface area contributed by atoms with Gasteiger partial charge in [0.25, 0.3) is 0 Å². The second-order valence-corrected chi connectivity index (χ2v) is 5.65. The molecule has 0 aliphatic carbocycles. The molecule has 104 valence electrons. The highest BCUT2D eigenvalue weighted by Gasteiger charge is 2.13. The molecule has 4 nitrogen and oxygen atoms in total. The zero-order valence-corrected chi connectivity index (χ0v) is 12.3. The van der Waals surface area contributed by atoms with Gasteiger partial charge in [0.15, 0.2) is 0 Å². The van der Waals surface area contributed by atoms with Crippen molar-refractivity contribution in [3.63, 3.8) is 0 Å². The minimum atomic E-state index is -0.901. The number of nitrogens with one attached hydrogen (secondary N) is 1. The van der Waals surface area contributed by atoms with Gasteiger partial charge in [-0.25, -0.2) is 4.79 Å². The number of ether oxygens (including phenoxy) is 1. The third-order valence-corrected chi connectivity index (χ3v) is 4.13. The van der Waals surface area contributed by atoms with Crippen molar-refractivity contribution in [3.05, 3.63) is 33.8 Å². The molecule has 1 aromatic rings. The number of carbonyl (C=O) groups is 1. The van der Waals surface area contributed by atoms with Gasteiger partial charge in [-0.3, -0.25) is 0 Å². The van der Waals surface area contributed by atoms with Crippen LogP contribution in [0.25, 0.3) is 0 Å². The van der Waals surface area contributed by atoms with Crippen LogP contribution >= 0.6 is 15.9 Å². The van der Waals surface area contributed by atoms with E-state index in [1.165, 1.54) is 0 Å². The normalized spacial score (nSPS) is 16.5. The lowest BCUT2D eigenvalue weighted by molar-refractivity contribution is 0.0662. The molecule has 1 heterocycles. The van der Waals surface area contributed by atoms with Gasteiger partial charge in [0, 0.05) is 24.2 Å². The van der Waals surface area contributed by atoms with E-state index in [-0.39, 0.29) is 0 Å². The quantitative estimate of drug-likeness (QED) is 0.872. The topological polar surface area (TPSA) is 58.6 Å². The molecule has 0 atom stereocenters. The zero-order chi connectivity index (χ0) is 13.7. The van der Waals surface area contributed by atoms with Crippen LogP contribution in [-0.2, 0) is 11.3 Å². The third-order valence-electron chi connectivity index (χ3n) is 3.39. The largest absolute Gasteiger partial charge is 0.478 e. The Morgan fingerprint density at radius 1 is 1.42 bits per heavy atom. The van der Waals surface area contributed by atoms with Crippen LogP contribution in [-0.4, -0.2) is 30.8 Å². The Morgan fingerprint density at radius 2 is 2.16 bits per heavy atom. The van der Waals surface area contributed by atoms with Gasteiger partial charge in [0.2, 0.25) is 0 Å². The molecule has 2 N–H and O–H groups in total. The fourth-order valence-electron chi connectivity index (χ4n) is 2.19. The summed E-state index contributed by atoms with van der Waals surface area (Å²) >= 11 is 3.42. The number of hydrogen-bond acceptors (Lipinski definition) is 3. The number of halogens is 1. The van der Waals surface area contributed by atoms with Gasteiger partial charge >= 0.3 is 5.97 Å². The van der Waals surface area contributed by atoms with Gasteiger partial charge in [0.05, 0.1) is 5.56 Å². The average Bonchev–Trinajstić information content (AvgIpc) is 2.41. The Hall–Kier alpha value is -0.910. The lowest BCUT2D eigenvalue weighted by Crippen LogP contribution is -2.27. The van der Waals surface area contributed by atoms with Crippen LogP contribution in [0, 0.1) is 5.92 Å². The molecule has 0 bridgehead atoms. The smallest absolute Gasteiger partial charge is 0.335 e. The highest BCUT2D eigenvalue weighted by molar-refractivity contribution is 9.10. The van der Waals surface area contributed by atoms with E-state index in [9.17, 15) is 4.79 Å². The standard InChI is InChI=1S/C14H18BrNO3/c15-13-7-11(14(17)18)1-2-12(13)9-16-8-10-3-5-19-6-4-10/h1-2,7,10,16H,3-6,8-9H2,(H,17,18). The number of benzene rings is 1. The highest BCUT2D eigenvalue weighted by atomic mass is 79.9. The Bertz CT molecular complexity index is 444. The maximum absolute atomic E-state index is 10.8. The molecule has 1 aromatic carbocycles. The van der Waals surface area contributed by atoms with Crippen LogP contribution in [0.5, 0.6) is 0 Å². The van der Waals surface area contributed by atoms with Crippen molar-refractivity contribution in [2.24, 2.45) is 5.92 Å². The summed E-state index contributed by atoms with van der Waals surface area (Å²) in [4.78, 5) is 10.8. The van der Waals surface area contributed by atoms with Gasteiger partial charge in [-0.15, -0.1) is 0 Å². The van der Waals surface area contributed by atoms with Crippen molar-refractivity contribution in [1.29, 1.82) is 0 Å². The van der Waals surface area contributed by atoms with Crippen LogP contribution < -0.4 is 5.32 Å². The minimum Gasteiger partial charge on any atom is -0.478 e. The molecule has 0 saturated carbocycles. The van der Waals surface area contributed by atoms with E-state index < -0.39 is 5.97 Å². The number of carboxylic acid groups (broad SMARTS) is 1. The van der Waals surface area contributed by atoms with Crippen molar-refractivity contribution in [1.82, 2.24) is 5.32 Å². The SMILES string of the molecule is O=C(O)c1ccc(CNCC2CCOCC2)c(Br)c1. The van der Waals surface area contributed by atoms with E-state index in [0.717, 1.165) is 49.2 Å². The Labute approximate surface area is 121 Å². The van der Waals surface area contributed by atoms with Crippen LogP contribution in [0.3, 0.4) is 0 Å². The monoisotopic (exact) mass is 327 g/mol. The van der Waals surface area contributed by atoms with Crippen LogP contribution in [0.4, 0.5) is 0 Å². The second-order valence-electron chi connectivity index (χ2n) is 4.80. The summed E-state index contributed by atoms with van der Waals surface area (Å²) in [5, 5.41) is 12.3. The first-order valence-electron chi connectivity index (χ1n) is 6.47. The fraction of sp³-hybridized carbons (Fsp3) is 0.500. The molecule has 0 spiro atoms. The van der Waals surface area contributed by atoms with Crippen molar-refractivity contribution >= 4 is 21.9 Å². The molecule has 1 fully saturated rings. The summed E-state index contributed by atoms with van der Waals surface area (Å²) in [6, 6.07) is 5.14. The van der Waals surface area contributed by atoms with E-state index in [0.29, 0.717) is 11.5 Å². The number of aromatic carboxylic acids is 1. The van der Waals surface area contributed by atoms with E-state index in [2.05, 4.69) is 21.2 Å². The molecule has 0 radical (unpaired) electrons. The average molecular weight is 328 g/mol. The molecule has 19 heavy (non-hydrogen) atoms. The lowest BCUT2D eigenvalue weighted by atomic mass is 10.0. The summed E-state index contributed by atoms with van der Waals surface area (Å²) < 4.78 is 6.17. The maximum atomic E-state index is 10.8. The van der Waals surface area contributed by atoms with Gasteiger partial charge in [-0.2, -0.15) is 0 Å². The lowest BCUT2D eigenvalue weighted by Gasteiger charge is -2.22. The molecule has 0 unspecified atom stereocenters. The van der Waals surface area contributed by atoms with Gasteiger partial charge in [-0.05, 0) is 43.0 Å². The summed E-state index contributed by atoms with van der Waals surface area (Å²) in [6.45, 7) is 3.46. The Kier molecular flexibility index (Phi) is 5.36. The van der Waals surface area contributed by atoms with Crippen molar-refractivity contribution in [2.45, 2.75) is 19.4 Å². The molecule has 1 aliphatic rings. The highest BCUT2D eigenvalue weighted by Crippen LogP contribution is 2.19. The molecule has 1 aliphatic heterocycles. The Morgan fingerprint density at radius 3 is 2.79 bits per heavy atom. The van der Waals surface area contributed by atoms with E-state index in [1.807, 2.05) is 6.07 Å². The molecule has 1 saturated heterocycles. The van der Waals surface area contributed by atoms with E-state index >= 15 is 0 Å². The van der Waals surface area contributed by atoms with Gasteiger partial charge < -0.3 is 15.2 Å². The fourth-order valence-corrected chi connectivity index (χ4v) is 2.70. The third kappa shape index (κ3) is 4.30. The number of hydrogen-bond donors (Lipinski definition) is 2. The first kappa shape index (κ1) is 14.5. The first-order valence-corrected chi connectivity index (χ1v) is 7.26. The predicted octanol–water partition coefficient (Wildman–Crippen LogP) is 2.66. The molecular weight excluding hydrogens is 310 g/mol. The minimum absolute atomic E-state index is 0.306. The van der Waals surface area contributed by atoms with Gasteiger partial charge in [0.1, 0.15) is 0 Å². The second kappa shape index (κ2) is 7.03. The summed E-state index contributed by atoms with van der Waals surface area (Å²) in [5.41, 5.74) is 1.39. The first-order chi connectivity index (χ1) is 9.16. The molecule has 0 amide bonds. The van der Waals surface area contributed by atoms with Crippen molar-refractivity contribution in [3.8, 4) is 0 Å². The Balaban J connectivity index is 1.83. The number of rotatable bonds is 5. The van der Waals surface area contributed by atoms with Crippen LogP contribution in [0.15, 0.2) is 22.7 Å². The van der Waals surface area contributed by atoms with Gasteiger partial charge in [-0.1, -0.05) is 22.0 Å². The maximum Gasteiger partial charge on any atom is 0.335 e. The predicted molar refractivity (Wildman–Crippen MR) is 76.4 cm³/mol. The summed E-state index contributed by atoms with van der Waals surface area (Å²) in [6.07, 6.45) is 2.23. The van der Waals surface area contributed by atoms with E-state index in [1.54, 1.807) is 12.1 Å². The molecule has 5 heteroatoms. The molecular formula is C14H18BrNO3. The summed E-state index contributed by atoms with van der Waals surface area (Å²) in [7, 11) is 0. The summed E-state index contributed by atoms with van der Waals surface area (Å²) in [5.74, 6) is -0.215. The van der Waals surface area contributed by atoms with Crippen LogP contribution in [0.1, 0.15) is 28.8 Å². The molecule has 2 rings (SSSR count). The van der Waals surface area contributed by atoms with E-state index in [4.69, 9.17) is 9.84 Å². The van der Waals surface area contributed by atoms with Crippen LogP contribution in [0.2, 0.25) is 0 Å². The molecule has 0 aromatic heterocycles. The van der Waals surface area contributed by atoms with Crippen molar-refractivity contribution < 1.29 is 14.6 Å². The number of carboxylic acids is 1. The van der Waals surface area contributed by atoms with Crippen molar-refractivity contribution in [2.75, 3.05) is 19.8 Å². The zero-order valence-electron chi connectivity index (χ0n) is 10.7.